The number of nitrogens with one attached hydrogen (secondary N) is 3. The predicted octanol–water partition coefficient (Wildman–Crippen LogP) is 1.45. The fraction of sp³-hybridized carbons (Fsp3) is 0.375. The van der Waals surface area contributed by atoms with E-state index in [0.717, 1.165) is 6.20 Å². The fourth-order valence-corrected chi connectivity index (χ4v) is 4.31. The molecule has 1 saturated heterocycles. The van der Waals surface area contributed by atoms with Crippen LogP contribution in [0.25, 0.3) is 0 Å². The number of carbonyl (C=O) groups excluding carboxylic acids is 2. The van der Waals surface area contributed by atoms with Crippen LogP contribution in [0.15, 0.2) is 48.4 Å². The number of likely N-dealkylation sites (tertiary alicyclic amines) is 1. The molecule has 186 valence electrons. The zero-order chi connectivity index (χ0) is 25.1. The first-order valence-electron chi connectivity index (χ1n) is 11.4. The van der Waals surface area contributed by atoms with Crippen molar-refractivity contribution >= 4 is 11.8 Å². The summed E-state index contributed by atoms with van der Waals surface area (Å²) in [5, 5.41) is 2.79. The largest absolute Gasteiger partial charge is 0.342 e. The number of carbonyl (C=O) groups is 2. The fourth-order valence-electron chi connectivity index (χ4n) is 4.31. The summed E-state index contributed by atoms with van der Waals surface area (Å²) in [6.07, 6.45) is 1.09. The number of quaternary nitrogens is 1. The number of amides is 2. The number of hydrogen-bond donors (Lipinski definition) is 4. The van der Waals surface area contributed by atoms with Crippen LogP contribution >= 0.6 is 0 Å². The summed E-state index contributed by atoms with van der Waals surface area (Å²) in [5.74, 6) is -2.04. The maximum Gasteiger partial charge on any atom is 0.243 e. The van der Waals surface area contributed by atoms with Crippen molar-refractivity contribution in [1.82, 2.24) is 26.1 Å². The molecule has 8 nitrogen and oxygen atoms in total. The molecule has 2 aliphatic heterocycles. The van der Waals surface area contributed by atoms with Crippen molar-refractivity contribution in [3.05, 3.63) is 76.9 Å². The number of aromatic nitrogens is 1. The van der Waals surface area contributed by atoms with Crippen molar-refractivity contribution in [1.29, 1.82) is 0 Å². The van der Waals surface area contributed by atoms with E-state index in [9.17, 15) is 22.8 Å². The number of nitrogens with two attached hydrogens (primary N) is 1. The molecule has 0 aliphatic carbocycles. The Morgan fingerprint density at radius 2 is 2.06 bits per heavy atom. The summed E-state index contributed by atoms with van der Waals surface area (Å²) >= 11 is 0. The van der Waals surface area contributed by atoms with E-state index >= 15 is 0 Å². The van der Waals surface area contributed by atoms with Crippen molar-refractivity contribution < 1.29 is 28.3 Å². The zero-order valence-corrected chi connectivity index (χ0v) is 19.4. The van der Waals surface area contributed by atoms with Crippen molar-refractivity contribution in [3.8, 4) is 0 Å². The van der Waals surface area contributed by atoms with Gasteiger partial charge in [-0.05, 0) is 35.2 Å². The third kappa shape index (κ3) is 5.56. The maximum absolute atomic E-state index is 14.8. The Morgan fingerprint density at radius 1 is 1.26 bits per heavy atom. The molecule has 3 atom stereocenters. The standard InChI is InChI=1S/C24H27F3N6O2/c1-13(2)18-5-3-14(7-19(18)27)23(20-6-4-15(25)10-28-20)30-24(35)21-8-16(26)12-33(21)22(34)9-17-11-29-32-31-17/h3-7,10-11,13,16,21,23,29,31-32H,8-9,12H2,1-2H3,(H,30,35)/p+1/t16-,21+,23?/m1/s1. The van der Waals surface area contributed by atoms with Crippen molar-refractivity contribution in [3.63, 3.8) is 0 Å². The highest BCUT2D eigenvalue weighted by molar-refractivity contribution is 5.89. The molecule has 0 bridgehead atoms. The molecule has 35 heavy (non-hydrogen) atoms. The molecule has 0 saturated carbocycles. The minimum Gasteiger partial charge on any atom is -0.342 e. The Kier molecular flexibility index (Phi) is 7.25. The molecule has 2 aromatic rings. The van der Waals surface area contributed by atoms with E-state index in [-0.39, 0.29) is 31.0 Å². The van der Waals surface area contributed by atoms with Crippen LogP contribution in [0.2, 0.25) is 0 Å². The normalized spacial score (nSPS) is 20.3. The summed E-state index contributed by atoms with van der Waals surface area (Å²) in [6.45, 7) is 3.53. The zero-order valence-electron chi connectivity index (χ0n) is 19.4. The van der Waals surface area contributed by atoms with E-state index in [2.05, 4.69) is 21.2 Å². The van der Waals surface area contributed by atoms with Gasteiger partial charge in [0.1, 0.15) is 23.8 Å². The predicted molar refractivity (Wildman–Crippen MR) is 121 cm³/mol. The number of hydrogen-bond acceptors (Lipinski definition) is 5. The second-order valence-electron chi connectivity index (χ2n) is 8.98. The Morgan fingerprint density at radius 3 is 2.69 bits per heavy atom. The Labute approximate surface area is 200 Å². The average molecular weight is 490 g/mol. The minimum absolute atomic E-state index is 0.0230. The molecule has 2 aliphatic rings. The van der Waals surface area contributed by atoms with Crippen LogP contribution in [0, 0.1) is 11.6 Å². The summed E-state index contributed by atoms with van der Waals surface area (Å²) in [4.78, 5) is 31.4. The minimum atomic E-state index is -1.35. The van der Waals surface area contributed by atoms with Gasteiger partial charge in [-0.3, -0.25) is 14.6 Å². The Balaban J connectivity index is 1.59. The molecule has 2 amide bonds. The monoisotopic (exact) mass is 489 g/mol. The smallest absolute Gasteiger partial charge is 0.243 e. The van der Waals surface area contributed by atoms with Gasteiger partial charge in [0.05, 0.1) is 42.8 Å². The van der Waals surface area contributed by atoms with Crippen molar-refractivity contribution in [2.24, 2.45) is 0 Å². The van der Waals surface area contributed by atoms with Gasteiger partial charge in [0.2, 0.25) is 11.8 Å². The molecule has 1 aromatic carbocycles. The number of pyridine rings is 1. The van der Waals surface area contributed by atoms with Crippen LogP contribution in [0.3, 0.4) is 0 Å². The van der Waals surface area contributed by atoms with Gasteiger partial charge in [0, 0.05) is 6.42 Å². The third-order valence-corrected chi connectivity index (χ3v) is 6.13. The number of nitrogens with zero attached hydrogens (tertiary/aromatic N) is 2. The van der Waals surface area contributed by atoms with E-state index in [4.69, 9.17) is 0 Å². The van der Waals surface area contributed by atoms with Gasteiger partial charge in [-0.2, -0.15) is 5.53 Å². The molecule has 1 aromatic heterocycles. The van der Waals surface area contributed by atoms with Gasteiger partial charge < -0.3 is 10.2 Å². The van der Waals surface area contributed by atoms with Crippen LogP contribution in [0.4, 0.5) is 13.2 Å². The summed E-state index contributed by atoms with van der Waals surface area (Å²) in [7, 11) is 0. The highest BCUT2D eigenvalue weighted by Gasteiger charge is 2.41. The molecule has 0 radical (unpaired) electrons. The first-order chi connectivity index (χ1) is 16.7. The Bertz CT molecular complexity index is 1120. The van der Waals surface area contributed by atoms with Gasteiger partial charge in [-0.15, -0.1) is 0 Å². The molecular weight excluding hydrogens is 461 g/mol. The van der Waals surface area contributed by atoms with E-state index in [1.54, 1.807) is 23.9 Å². The molecule has 0 spiro atoms. The number of halogens is 3. The van der Waals surface area contributed by atoms with Crippen molar-refractivity contribution in [2.45, 2.75) is 50.9 Å². The van der Waals surface area contributed by atoms with Crippen LogP contribution < -0.4 is 21.7 Å². The van der Waals surface area contributed by atoms with E-state index in [1.807, 2.05) is 13.8 Å². The topological polar surface area (TPSA) is 103 Å². The average Bonchev–Trinajstić information content (AvgIpc) is 3.47. The van der Waals surface area contributed by atoms with Gasteiger partial charge in [0.15, 0.2) is 0 Å². The van der Waals surface area contributed by atoms with Gasteiger partial charge in [0.25, 0.3) is 0 Å². The van der Waals surface area contributed by atoms with Gasteiger partial charge >= 0.3 is 0 Å². The SMILES string of the molecule is CC(C)c1ccc(C(NC(=O)[C@@H]2C[C@@H](F)CN2C(=O)CC2=CN[NH2+]N2)c2ccc(F)cn2)cc1F. The molecular formula is C24H28F3N6O2+. The van der Waals surface area contributed by atoms with E-state index in [1.165, 1.54) is 23.1 Å². The van der Waals surface area contributed by atoms with Crippen LogP contribution in [-0.4, -0.2) is 40.5 Å². The van der Waals surface area contributed by atoms with Gasteiger partial charge in [-0.1, -0.05) is 26.0 Å². The number of alkyl halides is 1. The highest BCUT2D eigenvalue weighted by Crippen LogP contribution is 2.28. The molecule has 1 fully saturated rings. The Hall–Kier alpha value is -3.60. The molecule has 3 heterocycles. The first kappa shape index (κ1) is 24.5. The highest BCUT2D eigenvalue weighted by atomic mass is 19.1. The lowest BCUT2D eigenvalue weighted by molar-refractivity contribution is -0.739. The van der Waals surface area contributed by atoms with Crippen LogP contribution in [0.1, 0.15) is 55.5 Å². The lowest BCUT2D eigenvalue weighted by Crippen LogP contribution is -2.96. The van der Waals surface area contributed by atoms with E-state index in [0.29, 0.717) is 16.8 Å². The molecule has 11 heteroatoms. The molecule has 4 rings (SSSR count). The van der Waals surface area contributed by atoms with Gasteiger partial charge in [-0.25, -0.2) is 24.0 Å². The maximum atomic E-state index is 14.8. The first-order valence-corrected chi connectivity index (χ1v) is 11.4. The number of rotatable bonds is 7. The summed E-state index contributed by atoms with van der Waals surface area (Å²) in [5.41, 5.74) is 9.03. The van der Waals surface area contributed by atoms with Crippen LogP contribution in [0.5, 0.6) is 0 Å². The molecule has 5 N–H and O–H groups in total. The van der Waals surface area contributed by atoms with E-state index < -0.39 is 41.7 Å². The second kappa shape index (κ2) is 10.3. The quantitative estimate of drug-likeness (QED) is 0.441. The third-order valence-electron chi connectivity index (χ3n) is 6.13. The lowest BCUT2D eigenvalue weighted by Gasteiger charge is -2.27. The number of benzene rings is 1. The lowest BCUT2D eigenvalue weighted by atomic mass is 9.96. The summed E-state index contributed by atoms with van der Waals surface area (Å²) in [6, 6.07) is 5.23. The van der Waals surface area contributed by atoms with Crippen molar-refractivity contribution in [2.75, 3.05) is 6.54 Å². The summed E-state index contributed by atoms with van der Waals surface area (Å²) < 4.78 is 42.6. The van der Waals surface area contributed by atoms with Crippen LogP contribution in [-0.2, 0) is 9.59 Å². The second-order valence-corrected chi connectivity index (χ2v) is 8.98. The molecule has 1 unspecified atom stereocenters.